The Morgan fingerprint density at radius 2 is 1.87 bits per heavy atom. The van der Waals surface area contributed by atoms with Crippen LogP contribution in [0.5, 0.6) is 0 Å². The van der Waals surface area contributed by atoms with E-state index in [9.17, 15) is 9.18 Å². The molecule has 0 bridgehead atoms. The zero-order valence-corrected chi connectivity index (χ0v) is 13.7. The van der Waals surface area contributed by atoms with Crippen molar-refractivity contribution in [3.05, 3.63) is 53.1 Å². The van der Waals surface area contributed by atoms with E-state index in [0.29, 0.717) is 6.04 Å². The highest BCUT2D eigenvalue weighted by atomic mass is 19.1. The Hall–Kier alpha value is -2.10. The number of nitrogens with one attached hydrogen (secondary N) is 1. The van der Waals surface area contributed by atoms with Crippen LogP contribution in [0.2, 0.25) is 0 Å². The molecule has 23 heavy (non-hydrogen) atoms. The van der Waals surface area contributed by atoms with Gasteiger partial charge in [0.15, 0.2) is 5.78 Å². The maximum atomic E-state index is 12.9. The number of aromatic nitrogens is 1. The van der Waals surface area contributed by atoms with Crippen molar-refractivity contribution in [1.82, 2.24) is 4.57 Å². The minimum absolute atomic E-state index is 0.0756. The fourth-order valence-corrected chi connectivity index (χ4v) is 3.63. The molecule has 1 saturated carbocycles. The van der Waals surface area contributed by atoms with Gasteiger partial charge in [-0.2, -0.15) is 0 Å². The highest BCUT2D eigenvalue weighted by Crippen LogP contribution is 2.33. The number of benzene rings is 1. The van der Waals surface area contributed by atoms with E-state index in [1.165, 1.54) is 43.5 Å². The van der Waals surface area contributed by atoms with Crippen LogP contribution >= 0.6 is 0 Å². The number of halogens is 1. The molecule has 2 aromatic rings. The van der Waals surface area contributed by atoms with E-state index in [-0.39, 0.29) is 18.1 Å². The predicted octanol–water partition coefficient (Wildman–Crippen LogP) is 4.65. The molecule has 1 N–H and O–H groups in total. The number of carbonyl (C=O) groups excluding carboxylic acids is 1. The second-order valence-electron chi connectivity index (χ2n) is 6.38. The van der Waals surface area contributed by atoms with Crippen LogP contribution < -0.4 is 5.32 Å². The topological polar surface area (TPSA) is 34.0 Å². The van der Waals surface area contributed by atoms with Crippen LogP contribution in [-0.2, 0) is 0 Å². The van der Waals surface area contributed by atoms with Crippen molar-refractivity contribution in [3.63, 3.8) is 0 Å². The van der Waals surface area contributed by atoms with E-state index in [0.717, 1.165) is 16.9 Å². The van der Waals surface area contributed by atoms with E-state index >= 15 is 0 Å². The molecule has 0 aliphatic heterocycles. The summed E-state index contributed by atoms with van der Waals surface area (Å²) in [5.74, 6) is -0.200. The first-order chi connectivity index (χ1) is 11.1. The van der Waals surface area contributed by atoms with Crippen molar-refractivity contribution >= 4 is 11.5 Å². The minimum atomic E-state index is -0.276. The lowest BCUT2D eigenvalue weighted by atomic mass is 10.1. The number of ketones is 1. The van der Waals surface area contributed by atoms with Gasteiger partial charge in [0.2, 0.25) is 0 Å². The van der Waals surface area contributed by atoms with Gasteiger partial charge >= 0.3 is 0 Å². The number of aryl methyl sites for hydroxylation is 1. The molecule has 0 saturated heterocycles. The van der Waals surface area contributed by atoms with Gasteiger partial charge in [0.25, 0.3) is 0 Å². The number of carbonyl (C=O) groups is 1. The largest absolute Gasteiger partial charge is 0.378 e. The van der Waals surface area contributed by atoms with Gasteiger partial charge in [-0.15, -0.1) is 0 Å². The van der Waals surface area contributed by atoms with Gasteiger partial charge in [-0.1, -0.05) is 12.8 Å². The number of rotatable bonds is 5. The number of Topliss-reactive ketones (excluding diaryl/α,β-unsaturated/α-hetero) is 1. The summed E-state index contributed by atoms with van der Waals surface area (Å²) in [4.78, 5) is 12.5. The Balaban J connectivity index is 1.72. The van der Waals surface area contributed by atoms with Gasteiger partial charge < -0.3 is 9.88 Å². The first kappa shape index (κ1) is 15.8. The monoisotopic (exact) mass is 314 g/mol. The summed E-state index contributed by atoms with van der Waals surface area (Å²) in [6.07, 6.45) is 4.96. The molecule has 1 aliphatic carbocycles. The van der Waals surface area contributed by atoms with E-state index in [1.807, 2.05) is 13.0 Å². The fraction of sp³-hybridized carbons (Fsp3) is 0.421. The standard InChI is InChI=1S/C19H23FN2O/c1-13-11-18(14(2)22(13)17-5-3-4-6-17)19(23)12-21-16-9-7-15(20)8-10-16/h7-11,17,21H,3-6,12H2,1-2H3. The van der Waals surface area contributed by atoms with E-state index in [4.69, 9.17) is 0 Å². The lowest BCUT2D eigenvalue weighted by molar-refractivity contribution is 0.101. The van der Waals surface area contributed by atoms with Gasteiger partial charge in [0.05, 0.1) is 6.54 Å². The van der Waals surface area contributed by atoms with Crippen molar-refractivity contribution in [3.8, 4) is 0 Å². The van der Waals surface area contributed by atoms with Gasteiger partial charge in [-0.25, -0.2) is 4.39 Å². The highest BCUT2D eigenvalue weighted by molar-refractivity contribution is 6.00. The molecule has 0 unspecified atom stereocenters. The smallest absolute Gasteiger partial charge is 0.183 e. The maximum absolute atomic E-state index is 12.9. The molecular weight excluding hydrogens is 291 g/mol. The van der Waals surface area contributed by atoms with E-state index in [1.54, 1.807) is 12.1 Å². The number of hydrogen-bond donors (Lipinski definition) is 1. The van der Waals surface area contributed by atoms with Crippen LogP contribution in [0, 0.1) is 19.7 Å². The third-order valence-electron chi connectivity index (χ3n) is 4.77. The molecule has 0 atom stereocenters. The third kappa shape index (κ3) is 3.31. The third-order valence-corrected chi connectivity index (χ3v) is 4.77. The van der Waals surface area contributed by atoms with Crippen LogP contribution in [0.1, 0.15) is 53.5 Å². The normalized spacial score (nSPS) is 15.1. The van der Waals surface area contributed by atoms with Crippen LogP contribution in [-0.4, -0.2) is 16.9 Å². The molecule has 0 radical (unpaired) electrons. The molecule has 3 nitrogen and oxygen atoms in total. The molecule has 1 aliphatic rings. The van der Waals surface area contributed by atoms with Crippen LogP contribution in [0.4, 0.5) is 10.1 Å². The second kappa shape index (κ2) is 6.57. The van der Waals surface area contributed by atoms with Crippen LogP contribution in [0.15, 0.2) is 30.3 Å². The average molecular weight is 314 g/mol. The van der Waals surface area contributed by atoms with Crippen LogP contribution in [0.3, 0.4) is 0 Å². The summed E-state index contributed by atoms with van der Waals surface area (Å²) in [5.41, 5.74) is 3.79. The molecule has 0 spiro atoms. The Morgan fingerprint density at radius 3 is 2.52 bits per heavy atom. The molecule has 1 aromatic heterocycles. The van der Waals surface area contributed by atoms with Gasteiger partial charge in [0.1, 0.15) is 5.82 Å². The average Bonchev–Trinajstić information content (AvgIpc) is 3.14. The fourth-order valence-electron chi connectivity index (χ4n) is 3.63. The lowest BCUT2D eigenvalue weighted by Gasteiger charge is -2.17. The van der Waals surface area contributed by atoms with Gasteiger partial charge in [-0.05, 0) is 57.0 Å². The molecule has 1 fully saturated rings. The first-order valence-electron chi connectivity index (χ1n) is 8.27. The number of anilines is 1. The second-order valence-corrected chi connectivity index (χ2v) is 6.38. The Labute approximate surface area is 136 Å². The zero-order valence-electron chi connectivity index (χ0n) is 13.7. The number of nitrogens with zero attached hydrogens (tertiary/aromatic N) is 1. The lowest BCUT2D eigenvalue weighted by Crippen LogP contribution is -2.15. The molecule has 122 valence electrons. The molecule has 3 rings (SSSR count). The summed E-state index contributed by atoms with van der Waals surface area (Å²) >= 11 is 0. The highest BCUT2D eigenvalue weighted by Gasteiger charge is 2.23. The van der Waals surface area contributed by atoms with E-state index in [2.05, 4.69) is 16.8 Å². The molecule has 1 aromatic carbocycles. The summed E-state index contributed by atoms with van der Waals surface area (Å²) in [6, 6.07) is 8.61. The van der Waals surface area contributed by atoms with Crippen molar-refractivity contribution in [2.24, 2.45) is 0 Å². The van der Waals surface area contributed by atoms with Crippen molar-refractivity contribution in [1.29, 1.82) is 0 Å². The summed E-state index contributed by atoms with van der Waals surface area (Å²) in [5, 5.41) is 3.07. The van der Waals surface area contributed by atoms with Crippen molar-refractivity contribution < 1.29 is 9.18 Å². The summed E-state index contributed by atoms with van der Waals surface area (Å²) < 4.78 is 15.2. The van der Waals surface area contributed by atoms with Crippen LogP contribution in [0.25, 0.3) is 0 Å². The quantitative estimate of drug-likeness (QED) is 0.815. The summed E-state index contributed by atoms with van der Waals surface area (Å²) in [6.45, 7) is 4.34. The number of hydrogen-bond acceptors (Lipinski definition) is 2. The van der Waals surface area contributed by atoms with Crippen molar-refractivity contribution in [2.45, 2.75) is 45.6 Å². The SMILES string of the molecule is Cc1cc(C(=O)CNc2ccc(F)cc2)c(C)n1C1CCCC1. The first-order valence-corrected chi connectivity index (χ1v) is 8.27. The molecule has 0 amide bonds. The molecule has 1 heterocycles. The van der Waals surface area contributed by atoms with Crippen molar-refractivity contribution in [2.75, 3.05) is 11.9 Å². The molecule has 4 heteroatoms. The van der Waals surface area contributed by atoms with Gasteiger partial charge in [0, 0.05) is 28.7 Å². The summed E-state index contributed by atoms with van der Waals surface area (Å²) in [7, 11) is 0. The Kier molecular flexibility index (Phi) is 4.51. The molecular formula is C19H23FN2O. The Morgan fingerprint density at radius 1 is 1.22 bits per heavy atom. The maximum Gasteiger partial charge on any atom is 0.183 e. The van der Waals surface area contributed by atoms with Gasteiger partial charge in [-0.3, -0.25) is 4.79 Å². The predicted molar refractivity (Wildman–Crippen MR) is 90.6 cm³/mol. The van der Waals surface area contributed by atoms with E-state index < -0.39 is 0 Å². The zero-order chi connectivity index (χ0) is 16.4. The minimum Gasteiger partial charge on any atom is -0.378 e. The Bertz CT molecular complexity index is 697.